The van der Waals surface area contributed by atoms with Gasteiger partial charge in [0.05, 0.1) is 17.7 Å². The fourth-order valence-corrected chi connectivity index (χ4v) is 5.87. The topological polar surface area (TPSA) is 63.9 Å². The Morgan fingerprint density at radius 2 is 1.70 bits per heavy atom. The van der Waals surface area contributed by atoms with Gasteiger partial charge in [0.1, 0.15) is 11.4 Å². The van der Waals surface area contributed by atoms with Gasteiger partial charge in [0.25, 0.3) is 0 Å². The first-order chi connectivity index (χ1) is 14.0. The van der Waals surface area contributed by atoms with Crippen LogP contribution in [-0.4, -0.2) is 37.5 Å². The van der Waals surface area contributed by atoms with Gasteiger partial charge in [-0.3, -0.25) is 0 Å². The fourth-order valence-electron chi connectivity index (χ4n) is 3.43. The largest absolute Gasteiger partial charge is 0.494 e. The standard InChI is InChI=1S/C21H23N3O3S2.BrH/c1-23-19(15-28-21(23)22-18-7-3-4-8-20(18)27-2)16-9-11-17(12-10-16)29(25,26)24-13-5-6-14-24;/h3-4,7-12,15H,5-6,13-14H2,1-2H3;1H. The summed E-state index contributed by atoms with van der Waals surface area (Å²) in [4.78, 5) is 5.90. The zero-order valence-corrected chi connectivity index (χ0v) is 20.2. The number of halogens is 1. The minimum atomic E-state index is -3.39. The number of hydrogen-bond acceptors (Lipinski definition) is 5. The van der Waals surface area contributed by atoms with Crippen molar-refractivity contribution in [2.24, 2.45) is 12.0 Å². The number of aromatic nitrogens is 1. The molecule has 0 N–H and O–H groups in total. The average molecular weight is 510 g/mol. The zero-order valence-electron chi connectivity index (χ0n) is 16.8. The van der Waals surface area contributed by atoms with Gasteiger partial charge in [-0.05, 0) is 42.7 Å². The minimum absolute atomic E-state index is 0. The highest BCUT2D eigenvalue weighted by molar-refractivity contribution is 8.93. The fraction of sp³-hybridized carbons (Fsp3) is 0.286. The summed E-state index contributed by atoms with van der Waals surface area (Å²) >= 11 is 1.53. The maximum Gasteiger partial charge on any atom is 0.243 e. The third kappa shape index (κ3) is 4.39. The second kappa shape index (κ2) is 9.47. The number of ether oxygens (including phenoxy) is 1. The Hall–Kier alpha value is -1.94. The van der Waals surface area contributed by atoms with E-state index in [0.29, 0.717) is 18.0 Å². The molecule has 1 aliphatic heterocycles. The van der Waals surface area contributed by atoms with Gasteiger partial charge >= 0.3 is 0 Å². The second-order valence-corrected chi connectivity index (χ2v) is 9.66. The van der Waals surface area contributed by atoms with Gasteiger partial charge in [-0.1, -0.05) is 24.3 Å². The Bertz CT molecular complexity index is 1180. The number of rotatable bonds is 5. The molecule has 160 valence electrons. The summed E-state index contributed by atoms with van der Waals surface area (Å²) in [6.45, 7) is 1.22. The molecule has 30 heavy (non-hydrogen) atoms. The highest BCUT2D eigenvalue weighted by Gasteiger charge is 2.27. The summed E-state index contributed by atoms with van der Waals surface area (Å²) in [7, 11) is 0.190. The summed E-state index contributed by atoms with van der Waals surface area (Å²) in [6.07, 6.45) is 1.86. The first-order valence-electron chi connectivity index (χ1n) is 9.43. The van der Waals surface area contributed by atoms with E-state index in [1.165, 1.54) is 11.3 Å². The van der Waals surface area contributed by atoms with Crippen molar-refractivity contribution in [3.8, 4) is 17.0 Å². The molecule has 6 nitrogen and oxygen atoms in total. The van der Waals surface area contributed by atoms with Crippen LogP contribution in [0.5, 0.6) is 5.75 Å². The average Bonchev–Trinajstić information content (AvgIpc) is 3.40. The Morgan fingerprint density at radius 3 is 2.37 bits per heavy atom. The lowest BCUT2D eigenvalue weighted by Crippen LogP contribution is -2.27. The third-order valence-electron chi connectivity index (χ3n) is 5.08. The molecule has 2 heterocycles. The molecule has 0 unspecified atom stereocenters. The van der Waals surface area contributed by atoms with Crippen molar-refractivity contribution in [2.75, 3.05) is 20.2 Å². The SMILES string of the molecule is Br.COc1ccccc1N=c1scc(-c2ccc(S(=O)(=O)N3CCCC3)cc2)n1C. The van der Waals surface area contributed by atoms with E-state index in [0.717, 1.165) is 40.3 Å². The Kier molecular flexibility index (Phi) is 7.18. The van der Waals surface area contributed by atoms with E-state index in [1.807, 2.05) is 53.4 Å². The molecule has 9 heteroatoms. The maximum absolute atomic E-state index is 12.7. The summed E-state index contributed by atoms with van der Waals surface area (Å²) in [5.74, 6) is 0.721. The molecule has 3 aromatic rings. The van der Waals surface area contributed by atoms with Gasteiger partial charge in [0.15, 0.2) is 4.80 Å². The lowest BCUT2D eigenvalue weighted by Gasteiger charge is -2.15. The van der Waals surface area contributed by atoms with Crippen molar-refractivity contribution in [2.45, 2.75) is 17.7 Å². The molecule has 0 amide bonds. The molecule has 1 saturated heterocycles. The smallest absolute Gasteiger partial charge is 0.243 e. The summed E-state index contributed by atoms with van der Waals surface area (Å²) < 4.78 is 34.4. The molecular weight excluding hydrogens is 486 g/mol. The quantitative estimate of drug-likeness (QED) is 0.513. The summed E-state index contributed by atoms with van der Waals surface area (Å²) in [5, 5.41) is 2.03. The molecule has 0 atom stereocenters. The number of hydrogen-bond donors (Lipinski definition) is 0. The minimum Gasteiger partial charge on any atom is -0.494 e. The summed E-state index contributed by atoms with van der Waals surface area (Å²) in [5.41, 5.74) is 2.70. The molecule has 1 aromatic heterocycles. The van der Waals surface area contributed by atoms with Gasteiger partial charge in [0.2, 0.25) is 10.0 Å². The second-order valence-electron chi connectivity index (χ2n) is 6.88. The Labute approximate surface area is 191 Å². The predicted molar refractivity (Wildman–Crippen MR) is 125 cm³/mol. The van der Waals surface area contributed by atoms with Crippen LogP contribution in [0.25, 0.3) is 11.3 Å². The van der Waals surface area contributed by atoms with E-state index in [-0.39, 0.29) is 17.0 Å². The highest BCUT2D eigenvalue weighted by atomic mass is 79.9. The van der Waals surface area contributed by atoms with Crippen molar-refractivity contribution in [1.82, 2.24) is 8.87 Å². The van der Waals surface area contributed by atoms with Crippen molar-refractivity contribution in [3.63, 3.8) is 0 Å². The van der Waals surface area contributed by atoms with E-state index >= 15 is 0 Å². The van der Waals surface area contributed by atoms with Crippen LogP contribution in [-0.2, 0) is 17.1 Å². The van der Waals surface area contributed by atoms with E-state index in [4.69, 9.17) is 9.73 Å². The Morgan fingerprint density at radius 1 is 1.03 bits per heavy atom. The van der Waals surface area contributed by atoms with Crippen LogP contribution in [0.3, 0.4) is 0 Å². The molecule has 0 aliphatic carbocycles. The molecule has 1 aliphatic rings. The van der Waals surface area contributed by atoms with Crippen LogP contribution in [0.4, 0.5) is 5.69 Å². The molecule has 0 spiro atoms. The van der Waals surface area contributed by atoms with Gasteiger partial charge in [0, 0.05) is 25.5 Å². The van der Waals surface area contributed by atoms with Gasteiger partial charge in [-0.25, -0.2) is 13.4 Å². The van der Waals surface area contributed by atoms with Gasteiger partial charge in [-0.2, -0.15) is 4.31 Å². The molecule has 2 aromatic carbocycles. The molecule has 0 bridgehead atoms. The van der Waals surface area contributed by atoms with Crippen molar-refractivity contribution in [1.29, 1.82) is 0 Å². The van der Waals surface area contributed by atoms with Crippen LogP contribution in [0.1, 0.15) is 12.8 Å². The maximum atomic E-state index is 12.7. The molecular formula is C21H24BrN3O3S2. The van der Waals surface area contributed by atoms with Crippen LogP contribution in [0.2, 0.25) is 0 Å². The van der Waals surface area contributed by atoms with Gasteiger partial charge in [-0.15, -0.1) is 28.3 Å². The van der Waals surface area contributed by atoms with E-state index in [2.05, 4.69) is 0 Å². The normalized spacial score (nSPS) is 15.2. The Balaban J connectivity index is 0.00000256. The molecule has 0 radical (unpaired) electrons. The number of sulfonamides is 1. The number of benzene rings is 2. The summed E-state index contributed by atoms with van der Waals surface area (Å²) in [6, 6.07) is 14.7. The number of methoxy groups -OCH3 is 1. The van der Waals surface area contributed by atoms with Crippen LogP contribution in [0, 0.1) is 0 Å². The monoisotopic (exact) mass is 509 g/mol. The molecule has 4 rings (SSSR count). The zero-order chi connectivity index (χ0) is 20.4. The number of para-hydroxylation sites is 2. The van der Waals surface area contributed by atoms with Crippen molar-refractivity contribution < 1.29 is 13.2 Å². The number of nitrogens with zero attached hydrogens (tertiary/aromatic N) is 3. The lowest BCUT2D eigenvalue weighted by molar-refractivity contribution is 0.416. The highest BCUT2D eigenvalue weighted by Crippen LogP contribution is 2.27. The van der Waals surface area contributed by atoms with Crippen LogP contribution < -0.4 is 9.54 Å². The number of thiazole rings is 1. The van der Waals surface area contributed by atoms with Crippen molar-refractivity contribution in [3.05, 3.63) is 58.7 Å². The van der Waals surface area contributed by atoms with E-state index in [1.54, 1.807) is 23.5 Å². The van der Waals surface area contributed by atoms with Gasteiger partial charge < -0.3 is 9.30 Å². The van der Waals surface area contributed by atoms with E-state index in [9.17, 15) is 8.42 Å². The van der Waals surface area contributed by atoms with Crippen molar-refractivity contribution >= 4 is 44.0 Å². The van der Waals surface area contributed by atoms with Crippen LogP contribution >= 0.6 is 28.3 Å². The third-order valence-corrected chi connectivity index (χ3v) is 7.91. The molecule has 0 saturated carbocycles. The predicted octanol–water partition coefficient (Wildman–Crippen LogP) is 4.36. The first-order valence-corrected chi connectivity index (χ1v) is 11.8. The lowest BCUT2D eigenvalue weighted by atomic mass is 10.2. The molecule has 1 fully saturated rings. The van der Waals surface area contributed by atoms with Crippen LogP contribution in [0.15, 0.2) is 63.8 Å². The van der Waals surface area contributed by atoms with E-state index < -0.39 is 10.0 Å². The first kappa shape index (κ1) is 22.7.